The monoisotopic (exact) mass is 202 g/mol. The van der Waals surface area contributed by atoms with Crippen molar-refractivity contribution in [3.8, 4) is 0 Å². The van der Waals surface area contributed by atoms with Crippen LogP contribution in [0.25, 0.3) is 10.9 Å². The van der Waals surface area contributed by atoms with Crippen LogP contribution in [0.1, 0.15) is 26.3 Å². The van der Waals surface area contributed by atoms with Gasteiger partial charge >= 0.3 is 0 Å². The minimum absolute atomic E-state index is 0.143. The fraction of sp³-hybridized carbons (Fsp3) is 0.308. The van der Waals surface area contributed by atoms with Gasteiger partial charge in [0.05, 0.1) is 5.39 Å². The van der Waals surface area contributed by atoms with Crippen molar-refractivity contribution < 1.29 is 9.94 Å². The van der Waals surface area contributed by atoms with Crippen molar-refractivity contribution in [3.05, 3.63) is 42.1 Å². The van der Waals surface area contributed by atoms with Gasteiger partial charge in [0, 0.05) is 16.9 Å². The van der Waals surface area contributed by atoms with E-state index in [2.05, 4.69) is 32.9 Å². The van der Waals surface area contributed by atoms with Crippen LogP contribution in [0, 0.1) is 0 Å². The molecule has 0 atom stereocenters. The third-order valence-electron chi connectivity index (χ3n) is 2.64. The second kappa shape index (κ2) is 3.23. The number of hydrogen-bond donors (Lipinski definition) is 1. The molecule has 0 aliphatic heterocycles. The van der Waals surface area contributed by atoms with Crippen LogP contribution < -0.4 is 4.73 Å². The van der Waals surface area contributed by atoms with E-state index in [9.17, 15) is 5.21 Å². The van der Waals surface area contributed by atoms with Gasteiger partial charge in [-0.3, -0.25) is 5.21 Å². The molecule has 15 heavy (non-hydrogen) atoms. The van der Waals surface area contributed by atoms with Gasteiger partial charge in [0.25, 0.3) is 5.52 Å². The van der Waals surface area contributed by atoms with Gasteiger partial charge in [-0.1, -0.05) is 26.8 Å². The summed E-state index contributed by atoms with van der Waals surface area (Å²) in [5.41, 5.74) is 2.26. The van der Waals surface area contributed by atoms with Crippen LogP contribution >= 0.6 is 0 Å². The molecule has 1 heterocycles. The van der Waals surface area contributed by atoms with E-state index in [1.165, 1.54) is 5.56 Å². The molecule has 0 fully saturated rings. The van der Waals surface area contributed by atoms with Crippen molar-refractivity contribution in [2.45, 2.75) is 26.2 Å². The molecule has 2 rings (SSSR count). The van der Waals surface area contributed by atoms with Gasteiger partial charge in [-0.05, 0) is 23.1 Å². The zero-order valence-electron chi connectivity index (χ0n) is 9.36. The van der Waals surface area contributed by atoms with Crippen LogP contribution in [0.3, 0.4) is 0 Å². The van der Waals surface area contributed by atoms with E-state index in [-0.39, 0.29) is 5.41 Å². The number of fused-ring (bicyclic) bond motifs is 1. The Morgan fingerprint density at radius 3 is 2.53 bits per heavy atom. The number of aromatic nitrogens is 1. The molecule has 0 aliphatic carbocycles. The van der Waals surface area contributed by atoms with Gasteiger partial charge in [-0.25, -0.2) is 0 Å². The molecule has 0 saturated carbocycles. The van der Waals surface area contributed by atoms with Crippen molar-refractivity contribution in [1.82, 2.24) is 0 Å². The first-order chi connectivity index (χ1) is 6.98. The Labute approximate surface area is 89.8 Å². The molecule has 2 aromatic rings. The van der Waals surface area contributed by atoms with Gasteiger partial charge in [0.15, 0.2) is 0 Å². The number of hydrogen-bond acceptors (Lipinski definition) is 1. The fourth-order valence-corrected chi connectivity index (χ4v) is 1.67. The van der Waals surface area contributed by atoms with E-state index < -0.39 is 0 Å². The zero-order chi connectivity index (χ0) is 11.1. The lowest BCUT2D eigenvalue weighted by molar-refractivity contribution is -0.884. The maximum Gasteiger partial charge on any atom is 0.264 e. The van der Waals surface area contributed by atoms with Gasteiger partial charge in [0.2, 0.25) is 6.20 Å². The SMILES string of the molecule is CC(C)(C)c1ccc2c(ccc[n+]2O)c1. The molecular formula is C13H16NO+. The molecule has 0 bridgehead atoms. The highest BCUT2D eigenvalue weighted by molar-refractivity contribution is 5.76. The molecule has 0 spiro atoms. The Kier molecular flexibility index (Phi) is 2.14. The van der Waals surface area contributed by atoms with E-state index in [0.717, 1.165) is 15.6 Å². The van der Waals surface area contributed by atoms with Crippen LogP contribution in [-0.2, 0) is 5.41 Å². The topological polar surface area (TPSA) is 24.1 Å². The zero-order valence-corrected chi connectivity index (χ0v) is 9.36. The summed E-state index contributed by atoms with van der Waals surface area (Å²) < 4.78 is 1.15. The number of benzene rings is 1. The Balaban J connectivity index is 2.68. The van der Waals surface area contributed by atoms with Gasteiger partial charge in [-0.2, -0.15) is 0 Å². The molecule has 1 aromatic heterocycles. The summed E-state index contributed by atoms with van der Waals surface area (Å²) in [6.45, 7) is 6.55. The van der Waals surface area contributed by atoms with Crippen molar-refractivity contribution in [2.75, 3.05) is 0 Å². The molecule has 78 valence electrons. The third kappa shape index (κ3) is 1.80. The van der Waals surface area contributed by atoms with Crippen molar-refractivity contribution in [3.63, 3.8) is 0 Å². The highest BCUT2D eigenvalue weighted by Gasteiger charge is 2.16. The molecule has 1 N–H and O–H groups in total. The van der Waals surface area contributed by atoms with Crippen molar-refractivity contribution in [1.29, 1.82) is 0 Å². The Morgan fingerprint density at radius 2 is 1.87 bits per heavy atom. The summed E-state index contributed by atoms with van der Waals surface area (Å²) >= 11 is 0. The molecule has 2 heteroatoms. The van der Waals surface area contributed by atoms with Crippen LogP contribution in [0.4, 0.5) is 0 Å². The van der Waals surface area contributed by atoms with E-state index in [4.69, 9.17) is 0 Å². The normalized spacial score (nSPS) is 11.9. The average Bonchev–Trinajstić information content (AvgIpc) is 2.16. The minimum atomic E-state index is 0.143. The Bertz CT molecular complexity index is 497. The molecule has 0 amide bonds. The molecule has 0 aliphatic rings. The molecule has 1 aromatic carbocycles. The van der Waals surface area contributed by atoms with Crippen LogP contribution in [0.2, 0.25) is 0 Å². The maximum atomic E-state index is 9.58. The summed E-state index contributed by atoms with van der Waals surface area (Å²) in [5.74, 6) is 0. The van der Waals surface area contributed by atoms with Crippen molar-refractivity contribution >= 4 is 10.9 Å². The van der Waals surface area contributed by atoms with Gasteiger partial charge in [-0.15, -0.1) is 0 Å². The summed E-state index contributed by atoms with van der Waals surface area (Å²) in [5, 5.41) is 10.6. The largest absolute Gasteiger partial charge is 0.285 e. The quantitative estimate of drug-likeness (QED) is 0.515. The van der Waals surface area contributed by atoms with E-state index in [0.29, 0.717) is 0 Å². The van der Waals surface area contributed by atoms with E-state index in [1.54, 1.807) is 6.20 Å². The average molecular weight is 202 g/mol. The first-order valence-electron chi connectivity index (χ1n) is 5.13. The second-order valence-electron chi connectivity index (χ2n) is 4.88. The smallest absolute Gasteiger partial charge is 0.264 e. The second-order valence-corrected chi connectivity index (χ2v) is 4.88. The van der Waals surface area contributed by atoms with E-state index >= 15 is 0 Å². The van der Waals surface area contributed by atoms with Crippen LogP contribution in [0.15, 0.2) is 36.5 Å². The maximum absolute atomic E-state index is 9.58. The number of pyridine rings is 1. The third-order valence-corrected chi connectivity index (χ3v) is 2.64. The van der Waals surface area contributed by atoms with Gasteiger partial charge < -0.3 is 0 Å². The lowest BCUT2D eigenvalue weighted by Gasteiger charge is -2.18. The summed E-state index contributed by atoms with van der Waals surface area (Å²) in [6.07, 6.45) is 1.64. The van der Waals surface area contributed by atoms with Crippen LogP contribution in [0.5, 0.6) is 0 Å². The molecule has 0 radical (unpaired) electrons. The first-order valence-corrected chi connectivity index (χ1v) is 5.13. The predicted molar refractivity (Wildman–Crippen MR) is 60.0 cm³/mol. The van der Waals surface area contributed by atoms with Crippen LogP contribution in [-0.4, -0.2) is 5.21 Å². The van der Waals surface area contributed by atoms with Crippen molar-refractivity contribution in [2.24, 2.45) is 0 Å². The lowest BCUT2D eigenvalue weighted by atomic mass is 9.86. The highest BCUT2D eigenvalue weighted by Crippen LogP contribution is 2.24. The Morgan fingerprint density at radius 1 is 1.13 bits per heavy atom. The molecular weight excluding hydrogens is 186 g/mol. The number of nitrogens with zero attached hydrogens (tertiary/aromatic N) is 1. The molecule has 2 nitrogen and oxygen atoms in total. The summed E-state index contributed by atoms with van der Waals surface area (Å²) in [4.78, 5) is 0. The molecule has 0 saturated heterocycles. The number of rotatable bonds is 0. The standard InChI is InChI=1S/C13H16NO/c1-13(2,3)11-6-7-12-10(9-11)5-4-8-14(12)15/h4-9,15H,1-3H3/q+1. The molecule has 0 unspecified atom stereocenters. The summed E-state index contributed by atoms with van der Waals surface area (Å²) in [6, 6.07) is 10.00. The predicted octanol–water partition coefficient (Wildman–Crippen LogP) is 2.66. The van der Waals surface area contributed by atoms with E-state index in [1.807, 2.05) is 18.2 Å². The summed E-state index contributed by atoms with van der Waals surface area (Å²) in [7, 11) is 0. The van der Waals surface area contributed by atoms with Gasteiger partial charge in [0.1, 0.15) is 0 Å². The highest BCUT2D eigenvalue weighted by atomic mass is 16.5. The fourth-order valence-electron chi connectivity index (χ4n) is 1.67. The Hall–Kier alpha value is -1.57. The first kappa shape index (κ1) is 9.97. The lowest BCUT2D eigenvalue weighted by Crippen LogP contribution is -2.29. The minimum Gasteiger partial charge on any atom is -0.285 e.